The smallest absolute Gasteiger partial charge is 0.338 e. The van der Waals surface area contributed by atoms with Crippen LogP contribution < -0.4 is 0 Å². The molecule has 1 saturated carbocycles. The molecule has 2 fully saturated rings. The highest BCUT2D eigenvalue weighted by molar-refractivity contribution is 5.84. The molecule has 1 saturated heterocycles. The molecule has 0 aromatic heterocycles. The van der Waals surface area contributed by atoms with E-state index >= 15 is 0 Å². The van der Waals surface area contributed by atoms with Gasteiger partial charge >= 0.3 is 6.18 Å². The topological polar surface area (TPSA) is 20.3 Å². The van der Waals surface area contributed by atoms with Crippen molar-refractivity contribution in [3.8, 4) is 0 Å². The first-order valence-corrected chi connectivity index (χ1v) is 5.90. The summed E-state index contributed by atoms with van der Waals surface area (Å²) in [4.78, 5) is 13.4. The summed E-state index contributed by atoms with van der Waals surface area (Å²) >= 11 is 0. The predicted molar refractivity (Wildman–Crippen MR) is 58.5 cm³/mol. The molecule has 5 heteroatoms. The van der Waals surface area contributed by atoms with Crippen molar-refractivity contribution in [3.63, 3.8) is 0 Å². The van der Waals surface area contributed by atoms with E-state index in [9.17, 15) is 18.0 Å². The Morgan fingerprint density at radius 1 is 1.33 bits per heavy atom. The summed E-state index contributed by atoms with van der Waals surface area (Å²) in [6.45, 7) is 0.982. The van der Waals surface area contributed by atoms with E-state index in [2.05, 4.69) is 0 Å². The lowest BCUT2D eigenvalue weighted by molar-refractivity contribution is -0.137. The van der Waals surface area contributed by atoms with Crippen molar-refractivity contribution < 1.29 is 18.0 Å². The highest BCUT2D eigenvalue weighted by Gasteiger charge is 2.51. The minimum absolute atomic E-state index is 0.0948. The van der Waals surface area contributed by atoms with Gasteiger partial charge in [0.1, 0.15) is 0 Å². The average Bonchev–Trinajstić information content (AvgIpc) is 3.00. The molecule has 0 bridgehead atoms. The minimum atomic E-state index is -4.33. The number of hydrogen-bond acceptors (Lipinski definition) is 1. The monoisotopic (exact) mass is 255 g/mol. The minimum Gasteiger partial charge on any atom is -0.338 e. The summed E-state index contributed by atoms with van der Waals surface area (Å²) in [5, 5.41) is 0. The van der Waals surface area contributed by atoms with Crippen LogP contribution in [-0.4, -0.2) is 17.4 Å². The molecule has 96 valence electrons. The normalized spacial score (nSPS) is 26.4. The van der Waals surface area contributed by atoms with Crippen molar-refractivity contribution in [2.45, 2.75) is 19.1 Å². The van der Waals surface area contributed by atoms with Gasteiger partial charge in [0.15, 0.2) is 0 Å². The van der Waals surface area contributed by atoms with Crippen LogP contribution in [0.25, 0.3) is 0 Å². The number of amides is 1. The van der Waals surface area contributed by atoms with Crippen LogP contribution in [0.1, 0.15) is 17.5 Å². The quantitative estimate of drug-likeness (QED) is 0.795. The Hall–Kier alpha value is -1.52. The Bertz CT molecular complexity index is 497. The van der Waals surface area contributed by atoms with Crippen LogP contribution in [0.5, 0.6) is 0 Å². The van der Waals surface area contributed by atoms with Crippen LogP contribution in [0.4, 0.5) is 13.2 Å². The fourth-order valence-corrected chi connectivity index (χ4v) is 2.57. The van der Waals surface area contributed by atoms with Gasteiger partial charge in [-0.05, 0) is 30.0 Å². The molecular weight excluding hydrogens is 243 g/mol. The van der Waals surface area contributed by atoms with E-state index in [0.29, 0.717) is 18.0 Å². The van der Waals surface area contributed by atoms with Crippen molar-refractivity contribution in [2.75, 3.05) is 6.54 Å². The molecule has 2 atom stereocenters. The molecule has 2 nitrogen and oxygen atoms in total. The van der Waals surface area contributed by atoms with Crippen LogP contribution >= 0.6 is 0 Å². The van der Waals surface area contributed by atoms with Gasteiger partial charge < -0.3 is 4.90 Å². The number of piperidine rings is 1. The molecule has 1 aromatic carbocycles. The van der Waals surface area contributed by atoms with Crippen LogP contribution in [0.3, 0.4) is 0 Å². The third-order valence-corrected chi connectivity index (χ3v) is 3.63. The molecule has 0 radical (unpaired) electrons. The molecule has 0 spiro atoms. The van der Waals surface area contributed by atoms with Gasteiger partial charge in [0.2, 0.25) is 5.91 Å². The zero-order valence-electron chi connectivity index (χ0n) is 9.57. The standard InChI is InChI=1S/C13H12F3NO/c14-13(15,16)10-3-1-2-8(4-10)6-17-7-9-5-11(9)12(17)18/h1-4,9,11H,5-7H2. The van der Waals surface area contributed by atoms with Crippen molar-refractivity contribution in [2.24, 2.45) is 11.8 Å². The molecule has 18 heavy (non-hydrogen) atoms. The largest absolute Gasteiger partial charge is 0.416 e. The van der Waals surface area contributed by atoms with Crippen LogP contribution in [0, 0.1) is 11.8 Å². The summed E-state index contributed by atoms with van der Waals surface area (Å²) in [6.07, 6.45) is -3.37. The summed E-state index contributed by atoms with van der Waals surface area (Å²) < 4.78 is 37.6. The zero-order chi connectivity index (χ0) is 12.9. The second-order valence-electron chi connectivity index (χ2n) is 5.02. The number of carbonyl (C=O) groups is 1. The molecular formula is C13H12F3NO. The number of alkyl halides is 3. The Balaban J connectivity index is 1.75. The highest BCUT2D eigenvalue weighted by Crippen LogP contribution is 2.46. The number of hydrogen-bond donors (Lipinski definition) is 0. The number of carbonyl (C=O) groups excluding carboxylic acids is 1. The number of likely N-dealkylation sites (tertiary alicyclic amines) is 1. The first-order chi connectivity index (χ1) is 8.45. The molecule has 3 rings (SSSR count). The maximum absolute atomic E-state index is 12.5. The molecule has 0 N–H and O–H groups in total. The fraction of sp³-hybridized carbons (Fsp3) is 0.462. The van der Waals surface area contributed by atoms with Gasteiger partial charge in [-0.15, -0.1) is 0 Å². The first kappa shape index (κ1) is 11.6. The van der Waals surface area contributed by atoms with Crippen LogP contribution in [0.15, 0.2) is 24.3 Å². The van der Waals surface area contributed by atoms with Gasteiger partial charge in [-0.1, -0.05) is 12.1 Å². The van der Waals surface area contributed by atoms with Gasteiger partial charge in [0.05, 0.1) is 5.56 Å². The number of fused-ring (bicyclic) bond motifs is 1. The molecule has 1 amide bonds. The van der Waals surface area contributed by atoms with Crippen molar-refractivity contribution >= 4 is 5.91 Å². The van der Waals surface area contributed by atoms with E-state index in [1.54, 1.807) is 11.0 Å². The first-order valence-electron chi connectivity index (χ1n) is 5.90. The van der Waals surface area contributed by atoms with Gasteiger partial charge in [0, 0.05) is 19.0 Å². The fourth-order valence-electron chi connectivity index (χ4n) is 2.57. The summed E-state index contributed by atoms with van der Waals surface area (Å²) in [5.41, 5.74) is -0.115. The average molecular weight is 255 g/mol. The van der Waals surface area contributed by atoms with E-state index in [1.807, 2.05) is 0 Å². The Labute approximate surface area is 102 Å². The summed E-state index contributed by atoms with van der Waals surface area (Å²) in [5.74, 6) is 0.691. The second-order valence-corrected chi connectivity index (χ2v) is 5.02. The molecule has 1 aliphatic heterocycles. The summed E-state index contributed by atoms with van der Waals surface area (Å²) in [7, 11) is 0. The SMILES string of the molecule is O=C1C2CC2CN1Cc1cccc(C(F)(F)F)c1. The molecule has 1 aliphatic carbocycles. The highest BCUT2D eigenvalue weighted by atomic mass is 19.4. The van der Waals surface area contributed by atoms with Crippen LogP contribution in [0.2, 0.25) is 0 Å². The van der Waals surface area contributed by atoms with Crippen molar-refractivity contribution in [3.05, 3.63) is 35.4 Å². The molecule has 1 aromatic rings. The van der Waals surface area contributed by atoms with Gasteiger partial charge in [-0.25, -0.2) is 0 Å². The van der Waals surface area contributed by atoms with Gasteiger partial charge in [0.25, 0.3) is 0 Å². The Morgan fingerprint density at radius 3 is 2.72 bits per heavy atom. The van der Waals surface area contributed by atoms with Gasteiger partial charge in [-0.3, -0.25) is 4.79 Å². The van der Waals surface area contributed by atoms with E-state index in [1.165, 1.54) is 6.07 Å². The zero-order valence-corrected chi connectivity index (χ0v) is 9.57. The maximum atomic E-state index is 12.5. The third kappa shape index (κ3) is 1.98. The lowest BCUT2D eigenvalue weighted by atomic mass is 10.1. The number of benzene rings is 1. The Kier molecular flexibility index (Phi) is 2.40. The summed E-state index contributed by atoms with van der Waals surface area (Å²) in [6, 6.07) is 5.19. The lowest BCUT2D eigenvalue weighted by Crippen LogP contribution is -2.27. The molecule has 1 heterocycles. The number of nitrogens with zero attached hydrogens (tertiary/aromatic N) is 1. The van der Waals surface area contributed by atoms with E-state index in [-0.39, 0.29) is 18.4 Å². The number of rotatable bonds is 2. The van der Waals surface area contributed by atoms with Crippen molar-refractivity contribution in [1.29, 1.82) is 0 Å². The van der Waals surface area contributed by atoms with E-state index in [4.69, 9.17) is 0 Å². The van der Waals surface area contributed by atoms with E-state index < -0.39 is 11.7 Å². The van der Waals surface area contributed by atoms with Crippen molar-refractivity contribution in [1.82, 2.24) is 4.90 Å². The Morgan fingerprint density at radius 2 is 2.11 bits per heavy atom. The lowest BCUT2D eigenvalue weighted by Gasteiger charge is -2.18. The maximum Gasteiger partial charge on any atom is 0.416 e. The predicted octanol–water partition coefficient (Wildman–Crippen LogP) is 2.68. The third-order valence-electron chi connectivity index (χ3n) is 3.63. The van der Waals surface area contributed by atoms with E-state index in [0.717, 1.165) is 18.6 Å². The molecule has 2 unspecified atom stereocenters. The van der Waals surface area contributed by atoms with Crippen LogP contribution in [-0.2, 0) is 17.5 Å². The number of halogens is 3. The second kappa shape index (κ2) is 3.73. The molecule has 2 aliphatic rings. The van der Waals surface area contributed by atoms with Gasteiger partial charge in [-0.2, -0.15) is 13.2 Å².